The predicted octanol–water partition coefficient (Wildman–Crippen LogP) is 7.66. The molecule has 228 valence electrons. The third-order valence-corrected chi connectivity index (χ3v) is 13.2. The Kier molecular flexibility index (Phi) is 8.13. The van der Waals surface area contributed by atoms with Crippen molar-refractivity contribution in [2.75, 3.05) is 13.2 Å². The van der Waals surface area contributed by atoms with Crippen LogP contribution in [0.3, 0.4) is 0 Å². The summed E-state index contributed by atoms with van der Waals surface area (Å²) >= 11 is 0. The Morgan fingerprint density at radius 3 is 2.37 bits per heavy atom. The van der Waals surface area contributed by atoms with Gasteiger partial charge >= 0.3 is 5.97 Å². The van der Waals surface area contributed by atoms with Crippen LogP contribution in [0.5, 0.6) is 0 Å². The highest BCUT2D eigenvalue weighted by Crippen LogP contribution is 2.69. The van der Waals surface area contributed by atoms with Gasteiger partial charge in [0.2, 0.25) is 0 Å². The van der Waals surface area contributed by atoms with E-state index in [0.717, 1.165) is 38.5 Å². The van der Waals surface area contributed by atoms with Crippen molar-refractivity contribution in [1.82, 2.24) is 0 Å². The Labute approximate surface area is 248 Å². The largest absolute Gasteiger partial charge is 0.458 e. The normalized spacial score (nSPS) is 41.0. The number of esters is 1. The fraction of sp³-hybridized carbons (Fsp3) is 0.806. The molecule has 1 aromatic carbocycles. The molecule has 1 heterocycles. The van der Waals surface area contributed by atoms with E-state index >= 15 is 0 Å². The van der Waals surface area contributed by atoms with Crippen LogP contribution in [0.2, 0.25) is 0 Å². The Hall–Kier alpha value is -1.43. The van der Waals surface area contributed by atoms with E-state index in [1.54, 1.807) is 0 Å². The highest BCUT2D eigenvalue weighted by molar-refractivity contribution is 5.89. The molecular formula is C36H54O5. The van der Waals surface area contributed by atoms with E-state index in [4.69, 9.17) is 14.2 Å². The summed E-state index contributed by atoms with van der Waals surface area (Å²) in [5.74, 6) is 2.95. The van der Waals surface area contributed by atoms with Gasteiger partial charge in [-0.05, 0) is 110 Å². The third-order valence-electron chi connectivity index (χ3n) is 13.2. The van der Waals surface area contributed by atoms with Gasteiger partial charge in [-0.1, -0.05) is 52.8 Å². The minimum Gasteiger partial charge on any atom is -0.458 e. The van der Waals surface area contributed by atoms with Crippen LogP contribution < -0.4 is 0 Å². The fourth-order valence-corrected chi connectivity index (χ4v) is 10.7. The van der Waals surface area contributed by atoms with Gasteiger partial charge in [-0.25, -0.2) is 4.79 Å². The first-order valence-electron chi connectivity index (χ1n) is 16.8. The number of carbonyl (C=O) groups excluding carboxylic acids is 1. The summed E-state index contributed by atoms with van der Waals surface area (Å²) < 4.78 is 19.1. The molecule has 5 heteroatoms. The topological polar surface area (TPSA) is 65.0 Å². The first kappa shape index (κ1) is 29.6. The molecule has 1 spiro atoms. The average molecular weight is 567 g/mol. The number of hydrogen-bond acceptors (Lipinski definition) is 5. The van der Waals surface area contributed by atoms with E-state index in [2.05, 4.69) is 34.6 Å². The van der Waals surface area contributed by atoms with Crippen LogP contribution >= 0.6 is 0 Å². The van der Waals surface area contributed by atoms with Gasteiger partial charge in [-0.15, -0.1) is 0 Å². The number of rotatable bonds is 7. The summed E-state index contributed by atoms with van der Waals surface area (Å²) in [6, 6.07) is 9.56. The smallest absolute Gasteiger partial charge is 0.338 e. The van der Waals surface area contributed by atoms with Crippen molar-refractivity contribution in [3.63, 3.8) is 0 Å². The summed E-state index contributed by atoms with van der Waals surface area (Å²) in [6.45, 7) is 13.2. The molecular weight excluding hydrogens is 512 g/mol. The van der Waals surface area contributed by atoms with Crippen molar-refractivity contribution >= 4 is 5.97 Å². The zero-order valence-corrected chi connectivity index (χ0v) is 26.1. The molecule has 0 aromatic heterocycles. The molecule has 0 bridgehead atoms. The molecule has 4 aliphatic carbocycles. The molecule has 5 unspecified atom stereocenters. The molecule has 5 nitrogen and oxygen atoms in total. The van der Waals surface area contributed by atoms with Crippen LogP contribution in [0, 0.1) is 52.3 Å². The Bertz CT molecular complexity index is 1060. The van der Waals surface area contributed by atoms with Crippen LogP contribution in [0.15, 0.2) is 30.3 Å². The van der Waals surface area contributed by atoms with Crippen molar-refractivity contribution in [2.45, 2.75) is 117 Å². The number of ether oxygens (including phenoxy) is 3. The number of fused-ring (bicyclic) bond motifs is 5. The lowest BCUT2D eigenvalue weighted by atomic mass is 9.43. The second-order valence-corrected chi connectivity index (χ2v) is 15.4. The molecule has 4 saturated carbocycles. The first-order valence-corrected chi connectivity index (χ1v) is 16.8. The number of benzene rings is 1. The van der Waals surface area contributed by atoms with Gasteiger partial charge in [0.25, 0.3) is 0 Å². The predicted molar refractivity (Wildman–Crippen MR) is 160 cm³/mol. The van der Waals surface area contributed by atoms with Gasteiger partial charge in [0.1, 0.15) is 6.10 Å². The molecule has 1 saturated heterocycles. The average Bonchev–Trinajstić information content (AvgIpc) is 3.56. The second-order valence-electron chi connectivity index (χ2n) is 15.4. The van der Waals surface area contributed by atoms with Gasteiger partial charge in [-0.2, -0.15) is 0 Å². The molecule has 10 atom stereocenters. The minimum atomic E-state index is -0.428. The molecule has 41 heavy (non-hydrogen) atoms. The molecule has 0 amide bonds. The first-order chi connectivity index (χ1) is 19.6. The number of hydrogen-bond donors (Lipinski definition) is 1. The van der Waals surface area contributed by atoms with E-state index in [-0.39, 0.29) is 29.0 Å². The van der Waals surface area contributed by atoms with Crippen LogP contribution in [0.1, 0.15) is 109 Å². The van der Waals surface area contributed by atoms with Crippen LogP contribution in [0.25, 0.3) is 0 Å². The van der Waals surface area contributed by atoms with Crippen molar-refractivity contribution < 1.29 is 24.1 Å². The lowest BCUT2D eigenvalue weighted by Crippen LogP contribution is -2.60. The molecule has 1 aromatic rings. The van der Waals surface area contributed by atoms with Crippen LogP contribution in [-0.2, 0) is 14.2 Å². The highest BCUT2D eigenvalue weighted by Gasteiger charge is 2.65. The molecule has 5 aliphatic rings. The molecule has 6 rings (SSSR count). The van der Waals surface area contributed by atoms with Gasteiger partial charge in [0.05, 0.1) is 24.9 Å². The molecule has 1 aliphatic heterocycles. The van der Waals surface area contributed by atoms with Gasteiger partial charge in [0.15, 0.2) is 5.79 Å². The van der Waals surface area contributed by atoms with E-state index in [0.29, 0.717) is 60.2 Å². The maximum absolute atomic E-state index is 13.5. The zero-order valence-electron chi connectivity index (χ0n) is 26.1. The van der Waals surface area contributed by atoms with Crippen molar-refractivity contribution in [1.29, 1.82) is 0 Å². The Morgan fingerprint density at radius 1 is 0.951 bits per heavy atom. The molecule has 0 radical (unpaired) electrons. The fourth-order valence-electron chi connectivity index (χ4n) is 10.7. The maximum Gasteiger partial charge on any atom is 0.338 e. The van der Waals surface area contributed by atoms with Crippen molar-refractivity contribution in [3.05, 3.63) is 35.9 Å². The lowest BCUT2D eigenvalue weighted by Gasteiger charge is -2.63. The zero-order chi connectivity index (χ0) is 29.0. The summed E-state index contributed by atoms with van der Waals surface area (Å²) in [6.07, 6.45) is 10.6. The van der Waals surface area contributed by atoms with E-state index in [9.17, 15) is 9.90 Å². The lowest BCUT2D eigenvalue weighted by molar-refractivity contribution is -0.242. The van der Waals surface area contributed by atoms with Crippen LogP contribution in [-0.4, -0.2) is 42.3 Å². The highest BCUT2D eigenvalue weighted by atomic mass is 16.7. The number of aliphatic hydroxyl groups excluding tert-OH is 1. The summed E-state index contributed by atoms with van der Waals surface area (Å²) in [5.41, 5.74) is 1.14. The SMILES string of the molecule is CC(C)[C@H](O)CCC(C)[C@H]1CCC2C3C(OC(=O)c4ccccc4)C[C@H]4CC5(CC[C@]4(C)C3CC[C@@]21C)OCCO5. The second kappa shape index (κ2) is 11.2. The Morgan fingerprint density at radius 2 is 1.66 bits per heavy atom. The van der Waals surface area contributed by atoms with E-state index in [1.165, 1.54) is 25.7 Å². The number of aliphatic hydroxyl groups is 1. The summed E-state index contributed by atoms with van der Waals surface area (Å²) in [5, 5.41) is 10.5. The van der Waals surface area contributed by atoms with Gasteiger partial charge in [0, 0.05) is 18.8 Å². The maximum atomic E-state index is 13.5. The standard InChI is InChI=1S/C36H54O5/c1-23(2)30(37)14-11-24(3)27-12-13-28-32-29(15-16-35(27,28)5)34(4)17-18-36(39-19-20-40-36)22-26(34)21-31(32)41-33(38)25-9-7-6-8-10-25/h6-10,23-24,26-32,37H,11-22H2,1-5H3/t24?,26-,27+,28?,29?,30+,31?,32?,34-,35+/m0/s1. The summed E-state index contributed by atoms with van der Waals surface area (Å²) in [7, 11) is 0. The third kappa shape index (κ3) is 5.20. The number of carbonyl (C=O) groups is 1. The van der Waals surface area contributed by atoms with E-state index in [1.807, 2.05) is 30.3 Å². The monoisotopic (exact) mass is 566 g/mol. The molecule has 5 fully saturated rings. The van der Waals surface area contributed by atoms with Crippen LogP contribution in [0.4, 0.5) is 0 Å². The molecule has 1 N–H and O–H groups in total. The van der Waals surface area contributed by atoms with Gasteiger partial charge < -0.3 is 19.3 Å². The quantitative estimate of drug-likeness (QED) is 0.343. The van der Waals surface area contributed by atoms with Crippen molar-refractivity contribution in [3.8, 4) is 0 Å². The van der Waals surface area contributed by atoms with E-state index < -0.39 is 5.79 Å². The summed E-state index contributed by atoms with van der Waals surface area (Å²) in [4.78, 5) is 13.5. The van der Waals surface area contributed by atoms with Crippen molar-refractivity contribution in [2.24, 2.45) is 52.3 Å². The van der Waals surface area contributed by atoms with Gasteiger partial charge in [-0.3, -0.25) is 0 Å². The Balaban J connectivity index is 1.27. The minimum absolute atomic E-state index is 0.0659.